The normalized spacial score (nSPS) is 11.8. The van der Waals surface area contributed by atoms with Crippen molar-refractivity contribution < 1.29 is 10.2 Å². The molecule has 2 heteroatoms. The molecule has 0 heterocycles. The van der Waals surface area contributed by atoms with E-state index in [-0.39, 0.29) is 5.75 Å². The van der Waals surface area contributed by atoms with Gasteiger partial charge in [0.25, 0.3) is 0 Å². The van der Waals surface area contributed by atoms with Gasteiger partial charge in [0.1, 0.15) is 5.75 Å². The van der Waals surface area contributed by atoms with E-state index >= 15 is 0 Å². The molecule has 13 heavy (non-hydrogen) atoms. The van der Waals surface area contributed by atoms with E-state index < -0.39 is 5.60 Å². The molecule has 0 bridgehead atoms. The lowest BCUT2D eigenvalue weighted by atomic mass is 9.91. The standard InChI is InChI=1S/C11H16O2/c1-7-5-6-8(2)10(12)9(7)11(3,4)13/h5-6,12-13H,1-4H3. The van der Waals surface area contributed by atoms with Gasteiger partial charge in [0, 0.05) is 5.56 Å². The summed E-state index contributed by atoms with van der Waals surface area (Å²) in [6.45, 7) is 7.06. The molecule has 72 valence electrons. The van der Waals surface area contributed by atoms with Crippen molar-refractivity contribution in [2.75, 3.05) is 0 Å². The first-order valence-electron chi connectivity index (χ1n) is 4.36. The number of hydrogen-bond acceptors (Lipinski definition) is 2. The van der Waals surface area contributed by atoms with E-state index in [0.29, 0.717) is 5.56 Å². The Morgan fingerprint density at radius 1 is 1.08 bits per heavy atom. The lowest BCUT2D eigenvalue weighted by Crippen LogP contribution is -2.17. The minimum atomic E-state index is -0.986. The van der Waals surface area contributed by atoms with E-state index in [1.807, 2.05) is 26.0 Å². The molecule has 0 amide bonds. The van der Waals surface area contributed by atoms with Crippen molar-refractivity contribution in [3.05, 3.63) is 28.8 Å². The van der Waals surface area contributed by atoms with Gasteiger partial charge < -0.3 is 10.2 Å². The summed E-state index contributed by atoms with van der Waals surface area (Å²) in [5, 5.41) is 19.6. The third-order valence-electron chi connectivity index (χ3n) is 2.20. The summed E-state index contributed by atoms with van der Waals surface area (Å²) in [5.41, 5.74) is 1.34. The first-order valence-corrected chi connectivity index (χ1v) is 4.36. The quantitative estimate of drug-likeness (QED) is 0.695. The summed E-state index contributed by atoms with van der Waals surface area (Å²) < 4.78 is 0. The van der Waals surface area contributed by atoms with Gasteiger partial charge in [-0.2, -0.15) is 0 Å². The number of phenolic OH excluding ortho intramolecular Hbond substituents is 1. The third-order valence-corrected chi connectivity index (χ3v) is 2.20. The Labute approximate surface area is 78.8 Å². The predicted molar refractivity (Wildman–Crippen MR) is 52.8 cm³/mol. The fourth-order valence-corrected chi connectivity index (χ4v) is 1.57. The largest absolute Gasteiger partial charge is 0.507 e. The van der Waals surface area contributed by atoms with Gasteiger partial charge in [-0.1, -0.05) is 12.1 Å². The minimum Gasteiger partial charge on any atom is -0.507 e. The Hall–Kier alpha value is -1.02. The van der Waals surface area contributed by atoms with E-state index in [1.165, 1.54) is 0 Å². The van der Waals surface area contributed by atoms with E-state index in [4.69, 9.17) is 0 Å². The van der Waals surface area contributed by atoms with Gasteiger partial charge in [0.2, 0.25) is 0 Å². The summed E-state index contributed by atoms with van der Waals surface area (Å²) in [6, 6.07) is 3.75. The summed E-state index contributed by atoms with van der Waals surface area (Å²) in [4.78, 5) is 0. The molecular weight excluding hydrogens is 164 g/mol. The van der Waals surface area contributed by atoms with E-state index in [0.717, 1.165) is 11.1 Å². The van der Waals surface area contributed by atoms with Gasteiger partial charge in [-0.15, -0.1) is 0 Å². The van der Waals surface area contributed by atoms with Gasteiger partial charge in [-0.25, -0.2) is 0 Å². The molecule has 2 nitrogen and oxygen atoms in total. The highest BCUT2D eigenvalue weighted by atomic mass is 16.3. The molecule has 0 aliphatic carbocycles. The van der Waals surface area contributed by atoms with Crippen LogP contribution in [0.15, 0.2) is 12.1 Å². The molecule has 0 saturated carbocycles. The molecule has 0 atom stereocenters. The average molecular weight is 180 g/mol. The first-order chi connectivity index (χ1) is 5.84. The Bertz CT molecular complexity index is 322. The molecule has 2 N–H and O–H groups in total. The summed E-state index contributed by atoms with van der Waals surface area (Å²) in [6.07, 6.45) is 0. The summed E-state index contributed by atoms with van der Waals surface area (Å²) in [5.74, 6) is 0.201. The topological polar surface area (TPSA) is 40.5 Å². The predicted octanol–water partition coefficient (Wildman–Crippen LogP) is 2.24. The molecule has 0 radical (unpaired) electrons. The zero-order chi connectivity index (χ0) is 10.2. The third kappa shape index (κ3) is 1.83. The van der Waals surface area contributed by atoms with Gasteiger partial charge in [0.15, 0.2) is 0 Å². The number of aromatic hydroxyl groups is 1. The smallest absolute Gasteiger partial charge is 0.124 e. The monoisotopic (exact) mass is 180 g/mol. The van der Waals surface area contributed by atoms with Gasteiger partial charge in [0.05, 0.1) is 5.60 Å². The van der Waals surface area contributed by atoms with Crippen molar-refractivity contribution in [1.29, 1.82) is 0 Å². The highest BCUT2D eigenvalue weighted by molar-refractivity contribution is 5.47. The fourth-order valence-electron chi connectivity index (χ4n) is 1.57. The van der Waals surface area contributed by atoms with Crippen LogP contribution < -0.4 is 0 Å². The Morgan fingerprint density at radius 3 is 1.92 bits per heavy atom. The average Bonchev–Trinajstić information content (AvgIpc) is 1.95. The second-order valence-corrected chi connectivity index (χ2v) is 3.98. The molecule has 0 fully saturated rings. The number of phenols is 1. The van der Waals surface area contributed by atoms with Crippen LogP contribution in [-0.2, 0) is 5.60 Å². The van der Waals surface area contributed by atoms with Crippen LogP contribution in [0.1, 0.15) is 30.5 Å². The number of aryl methyl sites for hydroxylation is 2. The van der Waals surface area contributed by atoms with Crippen LogP contribution in [0.4, 0.5) is 0 Å². The second kappa shape index (κ2) is 3.04. The van der Waals surface area contributed by atoms with E-state index in [1.54, 1.807) is 13.8 Å². The molecular formula is C11H16O2. The summed E-state index contributed by atoms with van der Waals surface area (Å²) >= 11 is 0. The van der Waals surface area contributed by atoms with Crippen molar-refractivity contribution in [3.8, 4) is 5.75 Å². The maximum atomic E-state index is 9.82. The van der Waals surface area contributed by atoms with Crippen molar-refractivity contribution in [3.63, 3.8) is 0 Å². The number of benzene rings is 1. The SMILES string of the molecule is Cc1ccc(C)c(C(C)(C)O)c1O. The van der Waals surface area contributed by atoms with Crippen molar-refractivity contribution in [2.24, 2.45) is 0 Å². The van der Waals surface area contributed by atoms with Crippen molar-refractivity contribution >= 4 is 0 Å². The van der Waals surface area contributed by atoms with Crippen molar-refractivity contribution in [2.45, 2.75) is 33.3 Å². The lowest BCUT2D eigenvalue weighted by molar-refractivity contribution is 0.0750. The van der Waals surface area contributed by atoms with Gasteiger partial charge in [-0.3, -0.25) is 0 Å². The number of rotatable bonds is 1. The highest BCUT2D eigenvalue weighted by Crippen LogP contribution is 2.33. The van der Waals surface area contributed by atoms with Crippen LogP contribution in [0.2, 0.25) is 0 Å². The van der Waals surface area contributed by atoms with Crippen LogP contribution in [0.25, 0.3) is 0 Å². The minimum absolute atomic E-state index is 0.201. The van der Waals surface area contributed by atoms with Gasteiger partial charge >= 0.3 is 0 Å². The Kier molecular flexibility index (Phi) is 2.35. The van der Waals surface area contributed by atoms with Crippen LogP contribution in [0.3, 0.4) is 0 Å². The summed E-state index contributed by atoms with van der Waals surface area (Å²) in [7, 11) is 0. The molecule has 0 unspecified atom stereocenters. The van der Waals surface area contributed by atoms with Crippen LogP contribution in [0, 0.1) is 13.8 Å². The molecule has 1 aromatic carbocycles. The second-order valence-electron chi connectivity index (χ2n) is 3.98. The zero-order valence-corrected chi connectivity index (χ0v) is 8.55. The maximum Gasteiger partial charge on any atom is 0.124 e. The molecule has 0 aromatic heterocycles. The van der Waals surface area contributed by atoms with Crippen LogP contribution in [0.5, 0.6) is 5.75 Å². The molecule has 1 aromatic rings. The Morgan fingerprint density at radius 2 is 1.54 bits per heavy atom. The first kappa shape index (κ1) is 10.1. The Balaban J connectivity index is 3.43. The molecule has 0 aliphatic rings. The van der Waals surface area contributed by atoms with Crippen molar-refractivity contribution in [1.82, 2.24) is 0 Å². The van der Waals surface area contributed by atoms with Crippen LogP contribution in [-0.4, -0.2) is 10.2 Å². The highest BCUT2D eigenvalue weighted by Gasteiger charge is 2.23. The maximum absolute atomic E-state index is 9.82. The number of hydrogen-bond donors (Lipinski definition) is 2. The van der Waals surface area contributed by atoms with Gasteiger partial charge in [-0.05, 0) is 38.8 Å². The lowest BCUT2D eigenvalue weighted by Gasteiger charge is -2.22. The molecule has 0 spiro atoms. The van der Waals surface area contributed by atoms with E-state index in [2.05, 4.69) is 0 Å². The van der Waals surface area contributed by atoms with Crippen LogP contribution >= 0.6 is 0 Å². The molecule has 0 saturated heterocycles. The molecule has 1 rings (SSSR count). The fraction of sp³-hybridized carbons (Fsp3) is 0.455. The zero-order valence-electron chi connectivity index (χ0n) is 8.55. The van der Waals surface area contributed by atoms with E-state index in [9.17, 15) is 10.2 Å². The molecule has 0 aliphatic heterocycles. The number of aliphatic hydroxyl groups is 1.